The van der Waals surface area contributed by atoms with Crippen molar-refractivity contribution in [2.24, 2.45) is 0 Å². The smallest absolute Gasteiger partial charge is 0.258 e. The van der Waals surface area contributed by atoms with Gasteiger partial charge in [0.05, 0.1) is 11.6 Å². The standard InChI is InChI=1S/C15H11FN2O/c1-18(14-8-2-11(10-17)3-9-14)15(19)12-4-6-13(16)7-5-12/h2-9H,1H3. The van der Waals surface area contributed by atoms with Crippen LogP contribution in [0.25, 0.3) is 0 Å². The normalized spacial score (nSPS) is 9.74. The lowest BCUT2D eigenvalue weighted by atomic mass is 10.1. The minimum absolute atomic E-state index is 0.232. The van der Waals surface area contributed by atoms with E-state index in [1.807, 2.05) is 6.07 Å². The molecule has 0 bridgehead atoms. The maximum absolute atomic E-state index is 12.8. The highest BCUT2D eigenvalue weighted by molar-refractivity contribution is 6.05. The summed E-state index contributed by atoms with van der Waals surface area (Å²) < 4.78 is 12.8. The van der Waals surface area contributed by atoms with E-state index < -0.39 is 0 Å². The number of amides is 1. The molecule has 1 amide bonds. The van der Waals surface area contributed by atoms with Gasteiger partial charge in [0.2, 0.25) is 0 Å². The number of nitriles is 1. The van der Waals surface area contributed by atoms with Gasteiger partial charge in [-0.1, -0.05) is 0 Å². The summed E-state index contributed by atoms with van der Waals surface area (Å²) in [5.74, 6) is -0.609. The van der Waals surface area contributed by atoms with Crippen LogP contribution in [0, 0.1) is 17.1 Å². The van der Waals surface area contributed by atoms with E-state index in [2.05, 4.69) is 0 Å². The topological polar surface area (TPSA) is 44.1 Å². The first-order valence-corrected chi connectivity index (χ1v) is 5.65. The third-order valence-corrected chi connectivity index (χ3v) is 2.78. The number of nitrogens with zero attached hydrogens (tertiary/aromatic N) is 2. The Bertz CT molecular complexity index is 627. The molecule has 0 radical (unpaired) electrons. The van der Waals surface area contributed by atoms with Gasteiger partial charge in [0.15, 0.2) is 0 Å². The number of carbonyl (C=O) groups is 1. The van der Waals surface area contributed by atoms with Gasteiger partial charge in [0, 0.05) is 18.3 Å². The van der Waals surface area contributed by atoms with Crippen LogP contribution in [-0.4, -0.2) is 13.0 Å². The molecule has 4 heteroatoms. The largest absolute Gasteiger partial charge is 0.311 e. The van der Waals surface area contributed by atoms with Crippen molar-refractivity contribution in [1.29, 1.82) is 5.26 Å². The minimum Gasteiger partial charge on any atom is -0.311 e. The molecule has 0 spiro atoms. The molecule has 2 rings (SSSR count). The van der Waals surface area contributed by atoms with Gasteiger partial charge in [0.25, 0.3) is 5.91 Å². The van der Waals surface area contributed by atoms with E-state index in [0.29, 0.717) is 16.8 Å². The molecule has 3 nitrogen and oxygen atoms in total. The second-order valence-electron chi connectivity index (χ2n) is 4.03. The molecule has 0 heterocycles. The van der Waals surface area contributed by atoms with Crippen molar-refractivity contribution in [1.82, 2.24) is 0 Å². The minimum atomic E-state index is -0.377. The molecule has 0 aliphatic rings. The fourth-order valence-electron chi connectivity index (χ4n) is 1.66. The van der Waals surface area contributed by atoms with Gasteiger partial charge in [-0.25, -0.2) is 4.39 Å². The van der Waals surface area contributed by atoms with E-state index in [-0.39, 0.29) is 11.7 Å². The van der Waals surface area contributed by atoms with Gasteiger partial charge in [0.1, 0.15) is 5.82 Å². The zero-order chi connectivity index (χ0) is 13.8. The summed E-state index contributed by atoms with van der Waals surface area (Å²) in [6.07, 6.45) is 0. The summed E-state index contributed by atoms with van der Waals surface area (Å²) in [6, 6.07) is 14.1. The van der Waals surface area contributed by atoms with E-state index in [4.69, 9.17) is 5.26 Å². The molecule has 2 aromatic rings. The lowest BCUT2D eigenvalue weighted by Crippen LogP contribution is -2.26. The van der Waals surface area contributed by atoms with Crippen molar-refractivity contribution >= 4 is 11.6 Å². The van der Waals surface area contributed by atoms with Crippen molar-refractivity contribution in [2.75, 3.05) is 11.9 Å². The monoisotopic (exact) mass is 254 g/mol. The van der Waals surface area contributed by atoms with E-state index in [9.17, 15) is 9.18 Å². The first kappa shape index (κ1) is 12.8. The average molecular weight is 254 g/mol. The summed E-state index contributed by atoms with van der Waals surface area (Å²) in [6.45, 7) is 0. The Morgan fingerprint density at radius 3 is 2.21 bits per heavy atom. The van der Waals surface area contributed by atoms with E-state index in [0.717, 1.165) is 0 Å². The summed E-state index contributed by atoms with van der Waals surface area (Å²) >= 11 is 0. The van der Waals surface area contributed by atoms with E-state index >= 15 is 0 Å². The molecule has 0 atom stereocenters. The molecule has 2 aromatic carbocycles. The zero-order valence-corrected chi connectivity index (χ0v) is 10.3. The first-order chi connectivity index (χ1) is 9.11. The van der Waals surface area contributed by atoms with Gasteiger partial charge >= 0.3 is 0 Å². The number of carbonyl (C=O) groups excluding carboxylic acids is 1. The number of anilines is 1. The second-order valence-corrected chi connectivity index (χ2v) is 4.03. The van der Waals surface area contributed by atoms with Crippen LogP contribution in [0.3, 0.4) is 0 Å². The molecule has 19 heavy (non-hydrogen) atoms. The molecule has 94 valence electrons. The van der Waals surface area contributed by atoms with Gasteiger partial charge in [-0.05, 0) is 48.5 Å². The number of rotatable bonds is 2. The van der Waals surface area contributed by atoms with Crippen LogP contribution >= 0.6 is 0 Å². The molecule has 0 aliphatic carbocycles. The molecule has 0 aliphatic heterocycles. The summed E-state index contributed by atoms with van der Waals surface area (Å²) in [5, 5.41) is 8.71. The Hall–Kier alpha value is -2.67. The summed E-state index contributed by atoms with van der Waals surface area (Å²) in [7, 11) is 1.63. The second kappa shape index (κ2) is 5.32. The Kier molecular flexibility index (Phi) is 3.58. The highest BCUT2D eigenvalue weighted by Crippen LogP contribution is 2.16. The SMILES string of the molecule is CN(C(=O)c1ccc(F)cc1)c1ccc(C#N)cc1. The average Bonchev–Trinajstić information content (AvgIpc) is 2.46. The zero-order valence-electron chi connectivity index (χ0n) is 10.3. The number of benzene rings is 2. The number of halogens is 1. The van der Waals surface area contributed by atoms with Gasteiger partial charge in [-0.15, -0.1) is 0 Å². The lowest BCUT2D eigenvalue weighted by molar-refractivity contribution is 0.0993. The first-order valence-electron chi connectivity index (χ1n) is 5.65. The Balaban J connectivity index is 2.23. The van der Waals surface area contributed by atoms with Crippen LogP contribution in [0.1, 0.15) is 15.9 Å². The molecule has 0 fully saturated rings. The Morgan fingerprint density at radius 2 is 1.68 bits per heavy atom. The lowest BCUT2D eigenvalue weighted by Gasteiger charge is -2.17. The van der Waals surface area contributed by atoms with Crippen LogP contribution in [0.5, 0.6) is 0 Å². The van der Waals surface area contributed by atoms with Gasteiger partial charge in [-0.3, -0.25) is 4.79 Å². The Morgan fingerprint density at radius 1 is 1.11 bits per heavy atom. The predicted molar refractivity (Wildman–Crippen MR) is 70.3 cm³/mol. The van der Waals surface area contributed by atoms with Crippen LogP contribution in [0.2, 0.25) is 0 Å². The van der Waals surface area contributed by atoms with E-state index in [1.54, 1.807) is 31.3 Å². The Labute approximate surface area is 110 Å². The maximum atomic E-state index is 12.8. The molecule has 0 saturated heterocycles. The molecule has 0 aromatic heterocycles. The van der Waals surface area contributed by atoms with Crippen molar-refractivity contribution in [3.8, 4) is 6.07 Å². The van der Waals surface area contributed by atoms with Gasteiger partial charge in [-0.2, -0.15) is 5.26 Å². The molecular formula is C15H11FN2O. The fourth-order valence-corrected chi connectivity index (χ4v) is 1.66. The molecule has 0 N–H and O–H groups in total. The van der Waals surface area contributed by atoms with Crippen molar-refractivity contribution in [2.45, 2.75) is 0 Å². The maximum Gasteiger partial charge on any atom is 0.258 e. The van der Waals surface area contributed by atoms with E-state index in [1.165, 1.54) is 29.2 Å². The van der Waals surface area contributed by atoms with Crippen LogP contribution < -0.4 is 4.90 Å². The van der Waals surface area contributed by atoms with Crippen molar-refractivity contribution in [3.63, 3.8) is 0 Å². The number of hydrogen-bond donors (Lipinski definition) is 0. The molecule has 0 unspecified atom stereocenters. The van der Waals surface area contributed by atoms with Crippen LogP contribution in [0.15, 0.2) is 48.5 Å². The third kappa shape index (κ3) is 2.78. The summed E-state index contributed by atoms with van der Waals surface area (Å²) in [5.41, 5.74) is 1.62. The van der Waals surface area contributed by atoms with Crippen molar-refractivity contribution < 1.29 is 9.18 Å². The fraction of sp³-hybridized carbons (Fsp3) is 0.0667. The highest BCUT2D eigenvalue weighted by Gasteiger charge is 2.13. The van der Waals surface area contributed by atoms with Crippen molar-refractivity contribution in [3.05, 3.63) is 65.5 Å². The van der Waals surface area contributed by atoms with Gasteiger partial charge < -0.3 is 4.90 Å². The van der Waals surface area contributed by atoms with Crippen LogP contribution in [-0.2, 0) is 0 Å². The highest BCUT2D eigenvalue weighted by atomic mass is 19.1. The van der Waals surface area contributed by atoms with Crippen LogP contribution in [0.4, 0.5) is 10.1 Å². The quantitative estimate of drug-likeness (QED) is 0.827. The predicted octanol–water partition coefficient (Wildman–Crippen LogP) is 2.97. The molecule has 0 saturated carbocycles. The molecular weight excluding hydrogens is 243 g/mol. The summed E-state index contributed by atoms with van der Waals surface area (Å²) in [4.78, 5) is 13.6. The number of hydrogen-bond acceptors (Lipinski definition) is 2. The third-order valence-electron chi connectivity index (χ3n) is 2.78.